The highest BCUT2D eigenvalue weighted by atomic mass is 31.2. The van der Waals surface area contributed by atoms with E-state index in [1.165, 1.54) is 12.7 Å². The van der Waals surface area contributed by atoms with E-state index < -0.39 is 32.0 Å². The molecule has 0 saturated heterocycles. The maximum atomic E-state index is 10.7. The lowest BCUT2D eigenvalue weighted by molar-refractivity contribution is -0.134. The summed E-state index contributed by atoms with van der Waals surface area (Å²) < 4.78 is 17.5. The Morgan fingerprint density at radius 1 is 1.26 bits per heavy atom. The molecule has 0 radical (unpaired) electrons. The van der Waals surface area contributed by atoms with Gasteiger partial charge < -0.3 is 35.0 Å². The van der Waals surface area contributed by atoms with Crippen LogP contribution in [0.5, 0.6) is 0 Å². The molecule has 0 aliphatic rings. The van der Waals surface area contributed by atoms with E-state index in [9.17, 15) is 14.2 Å². The molecule has 27 heavy (non-hydrogen) atoms. The molecule has 1 unspecified atom stereocenters. The second-order valence-corrected chi connectivity index (χ2v) is 6.70. The summed E-state index contributed by atoms with van der Waals surface area (Å²) in [7, 11) is -4.16. The molecule has 0 saturated carbocycles. The number of nitrogens with two attached hydrogens (primary N) is 1. The Hall–Kier alpha value is -2.86. The number of rotatable bonds is 7. The molecule has 2 aromatic rings. The summed E-state index contributed by atoms with van der Waals surface area (Å²) in [6.45, 7) is 2.05. The summed E-state index contributed by atoms with van der Waals surface area (Å²) >= 11 is 0. The molecule has 6 N–H and O–H groups in total. The second-order valence-electron chi connectivity index (χ2n) is 5.11. The standard InChI is InChI=1S/C9H14N5O4P.C4H4O4/c1-6(18-5-19(15,16)17)2-14-4-13-7-8(10)11-3-12-9(7)14;5-3(6)1-2-4(7)8/h3-4,6H,2,5H2,1H3,(H2,10,11,12)(H2,15,16,17);1-2H,(H,5,6)(H,7,8)/b;2-1+. The third-order valence-electron chi connectivity index (χ3n) is 2.78. The van der Waals surface area contributed by atoms with Crippen LogP contribution in [0.25, 0.3) is 11.2 Å². The van der Waals surface area contributed by atoms with E-state index in [0.717, 1.165) is 0 Å². The van der Waals surface area contributed by atoms with E-state index in [1.54, 1.807) is 11.5 Å². The first-order valence-electron chi connectivity index (χ1n) is 7.21. The van der Waals surface area contributed by atoms with Crippen molar-refractivity contribution < 1.29 is 38.9 Å². The predicted octanol–water partition coefficient (Wildman–Crippen LogP) is -0.339. The smallest absolute Gasteiger partial charge is 0.350 e. The van der Waals surface area contributed by atoms with Gasteiger partial charge in [-0.2, -0.15) is 0 Å². The van der Waals surface area contributed by atoms with Gasteiger partial charge in [-0.1, -0.05) is 0 Å². The Balaban J connectivity index is 0.000000387. The van der Waals surface area contributed by atoms with Crippen molar-refractivity contribution in [1.29, 1.82) is 0 Å². The third-order valence-corrected chi connectivity index (χ3v) is 3.26. The molecule has 0 amide bonds. The highest BCUT2D eigenvalue weighted by molar-refractivity contribution is 7.51. The highest BCUT2D eigenvalue weighted by Crippen LogP contribution is 2.34. The number of hydrogen-bond donors (Lipinski definition) is 5. The molecule has 13 nitrogen and oxygen atoms in total. The number of carbonyl (C=O) groups is 2. The largest absolute Gasteiger partial charge is 0.478 e. The summed E-state index contributed by atoms with van der Waals surface area (Å²) in [6, 6.07) is 0. The molecule has 1 atom stereocenters. The molecule has 0 spiro atoms. The number of aliphatic carboxylic acids is 2. The average Bonchev–Trinajstić information content (AvgIpc) is 2.95. The van der Waals surface area contributed by atoms with Crippen molar-refractivity contribution in [2.24, 2.45) is 0 Å². The van der Waals surface area contributed by atoms with E-state index in [1.807, 2.05) is 0 Å². The summed E-state index contributed by atoms with van der Waals surface area (Å²) in [5.74, 6) is -2.23. The first-order chi connectivity index (χ1) is 12.5. The van der Waals surface area contributed by atoms with Crippen molar-refractivity contribution in [1.82, 2.24) is 19.5 Å². The lowest BCUT2D eigenvalue weighted by Crippen LogP contribution is -2.17. The van der Waals surface area contributed by atoms with Crippen LogP contribution in [0.15, 0.2) is 24.8 Å². The zero-order chi connectivity index (χ0) is 20.6. The number of ether oxygens (including phenoxy) is 1. The van der Waals surface area contributed by atoms with Gasteiger partial charge in [0.15, 0.2) is 11.5 Å². The van der Waals surface area contributed by atoms with E-state index >= 15 is 0 Å². The van der Waals surface area contributed by atoms with E-state index in [0.29, 0.717) is 29.9 Å². The number of nitrogen functional groups attached to an aromatic ring is 1. The van der Waals surface area contributed by atoms with Crippen molar-refractivity contribution in [2.75, 3.05) is 12.1 Å². The number of aromatic nitrogens is 4. The summed E-state index contributed by atoms with van der Waals surface area (Å²) in [5.41, 5.74) is 6.70. The number of anilines is 1. The molecule has 148 valence electrons. The lowest BCUT2D eigenvalue weighted by Gasteiger charge is -2.14. The van der Waals surface area contributed by atoms with Gasteiger partial charge in [0, 0.05) is 12.2 Å². The van der Waals surface area contributed by atoms with Gasteiger partial charge in [-0.15, -0.1) is 0 Å². The van der Waals surface area contributed by atoms with Crippen LogP contribution in [0.4, 0.5) is 5.82 Å². The SMILES string of the molecule is CC(Cn1cnc2c(N)ncnc21)OCP(=O)(O)O.O=C(O)/C=C/C(=O)O. The number of hydrogen-bond acceptors (Lipinski definition) is 8. The Labute approximate surface area is 152 Å². The summed E-state index contributed by atoms with van der Waals surface area (Å²) in [5, 5.41) is 15.6. The Morgan fingerprint density at radius 3 is 2.37 bits per heavy atom. The van der Waals surface area contributed by atoms with Crippen LogP contribution in [-0.2, 0) is 25.4 Å². The highest BCUT2D eigenvalue weighted by Gasteiger charge is 2.16. The molecular weight excluding hydrogens is 385 g/mol. The topological polar surface area (TPSA) is 211 Å². The third kappa shape index (κ3) is 8.37. The van der Waals surface area contributed by atoms with Gasteiger partial charge in [-0.05, 0) is 6.92 Å². The van der Waals surface area contributed by atoms with Gasteiger partial charge in [0.1, 0.15) is 18.2 Å². The summed E-state index contributed by atoms with van der Waals surface area (Å²) in [6.07, 6.45) is 2.97. The van der Waals surface area contributed by atoms with E-state index in [4.69, 9.17) is 30.5 Å². The van der Waals surface area contributed by atoms with Crippen molar-refractivity contribution in [3.05, 3.63) is 24.8 Å². The van der Waals surface area contributed by atoms with Crippen LogP contribution in [0.3, 0.4) is 0 Å². The van der Waals surface area contributed by atoms with Crippen LogP contribution in [0.1, 0.15) is 6.92 Å². The lowest BCUT2D eigenvalue weighted by atomic mass is 10.4. The fraction of sp³-hybridized carbons (Fsp3) is 0.308. The van der Waals surface area contributed by atoms with Crippen LogP contribution in [0.2, 0.25) is 0 Å². The second kappa shape index (κ2) is 9.73. The van der Waals surface area contributed by atoms with Crippen LogP contribution in [0, 0.1) is 0 Å². The zero-order valence-corrected chi connectivity index (χ0v) is 14.9. The minimum absolute atomic E-state index is 0.285. The minimum atomic E-state index is -4.16. The van der Waals surface area contributed by atoms with Gasteiger partial charge in [0.2, 0.25) is 0 Å². The van der Waals surface area contributed by atoms with Crippen LogP contribution < -0.4 is 5.73 Å². The fourth-order valence-corrected chi connectivity index (χ4v) is 2.18. The molecule has 0 aliphatic carbocycles. The molecule has 2 rings (SSSR count). The van der Waals surface area contributed by atoms with Crippen molar-refractivity contribution >= 4 is 36.5 Å². The Kier molecular flexibility index (Phi) is 7.99. The van der Waals surface area contributed by atoms with Gasteiger partial charge in [-0.3, -0.25) is 4.57 Å². The molecule has 0 bridgehead atoms. The summed E-state index contributed by atoms with van der Waals surface area (Å²) in [4.78, 5) is 48.5. The average molecular weight is 403 g/mol. The normalized spacial score (nSPS) is 12.6. The van der Waals surface area contributed by atoms with E-state index in [2.05, 4.69) is 15.0 Å². The zero-order valence-electron chi connectivity index (χ0n) is 14.0. The van der Waals surface area contributed by atoms with Crippen molar-refractivity contribution in [3.8, 4) is 0 Å². The maximum absolute atomic E-state index is 10.7. The van der Waals surface area contributed by atoms with Crippen molar-refractivity contribution in [3.63, 3.8) is 0 Å². The quantitative estimate of drug-likeness (QED) is 0.297. The molecule has 0 aliphatic heterocycles. The van der Waals surface area contributed by atoms with Gasteiger partial charge in [-0.25, -0.2) is 24.5 Å². The fourth-order valence-electron chi connectivity index (χ4n) is 1.73. The van der Waals surface area contributed by atoms with Crippen molar-refractivity contribution in [2.45, 2.75) is 19.6 Å². The molecule has 0 aromatic carbocycles. The van der Waals surface area contributed by atoms with Crippen LogP contribution in [-0.4, -0.2) is 63.9 Å². The van der Waals surface area contributed by atoms with Gasteiger partial charge >= 0.3 is 19.5 Å². The van der Waals surface area contributed by atoms with Gasteiger partial charge in [0.25, 0.3) is 0 Å². The molecular formula is C13H18N5O8P. The maximum Gasteiger partial charge on any atom is 0.350 e. The number of fused-ring (bicyclic) bond motifs is 1. The van der Waals surface area contributed by atoms with Crippen LogP contribution >= 0.6 is 7.60 Å². The first kappa shape index (κ1) is 22.2. The molecule has 0 fully saturated rings. The Morgan fingerprint density at radius 2 is 1.85 bits per heavy atom. The number of imidazole rings is 1. The predicted molar refractivity (Wildman–Crippen MR) is 91.6 cm³/mol. The minimum Gasteiger partial charge on any atom is -0.478 e. The number of nitrogens with zero attached hydrogens (tertiary/aromatic N) is 4. The Bertz CT molecular complexity index is 861. The van der Waals surface area contributed by atoms with Gasteiger partial charge in [0.05, 0.1) is 19.0 Å². The monoisotopic (exact) mass is 403 g/mol. The number of carboxylic acid groups (broad SMARTS) is 2. The first-order valence-corrected chi connectivity index (χ1v) is 9.00. The molecule has 2 heterocycles. The molecule has 2 aromatic heterocycles. The molecule has 14 heteroatoms. The number of carboxylic acids is 2. The van der Waals surface area contributed by atoms with E-state index in [-0.39, 0.29) is 5.82 Å².